The fourth-order valence-corrected chi connectivity index (χ4v) is 2.51. The Hall–Kier alpha value is -1.03. The number of aryl methyl sites for hydroxylation is 2. The Bertz CT molecular complexity index is 551. The molecule has 0 aliphatic carbocycles. The van der Waals surface area contributed by atoms with Crippen molar-refractivity contribution in [1.82, 2.24) is 9.55 Å². The van der Waals surface area contributed by atoms with Crippen LogP contribution in [0.3, 0.4) is 0 Å². The van der Waals surface area contributed by atoms with Crippen molar-refractivity contribution < 1.29 is 0 Å². The minimum atomic E-state index is 0.0652. The number of nitrogens with zero attached hydrogens (tertiary/aromatic N) is 2. The molecule has 3 nitrogen and oxygen atoms in total. The third-order valence-electron chi connectivity index (χ3n) is 3.16. The number of halogens is 2. The molecule has 1 heterocycles. The molecule has 1 aromatic carbocycles. The van der Waals surface area contributed by atoms with Gasteiger partial charge in [-0.25, -0.2) is 4.98 Å². The standard InChI is InChI=1S/C14H17Cl2N3/c1-19-7-6-18-14(19)5-4-12(17)8-10-2-3-11(15)9-13(10)16/h2-3,6-7,9,12H,4-5,8,17H2,1H3. The van der Waals surface area contributed by atoms with E-state index >= 15 is 0 Å². The van der Waals surface area contributed by atoms with Crippen LogP contribution in [0.5, 0.6) is 0 Å². The van der Waals surface area contributed by atoms with Crippen molar-refractivity contribution in [3.8, 4) is 0 Å². The predicted octanol–water partition coefficient (Wildman–Crippen LogP) is 3.23. The molecule has 5 heteroatoms. The molecule has 1 unspecified atom stereocenters. The second kappa shape index (κ2) is 6.42. The summed E-state index contributed by atoms with van der Waals surface area (Å²) in [6, 6.07) is 5.60. The maximum Gasteiger partial charge on any atom is 0.108 e. The highest BCUT2D eigenvalue weighted by Gasteiger charge is 2.09. The van der Waals surface area contributed by atoms with Crippen LogP contribution in [0, 0.1) is 0 Å². The van der Waals surface area contributed by atoms with E-state index in [4.69, 9.17) is 28.9 Å². The highest BCUT2D eigenvalue weighted by atomic mass is 35.5. The number of hydrogen-bond donors (Lipinski definition) is 1. The average Bonchev–Trinajstić information content (AvgIpc) is 2.76. The van der Waals surface area contributed by atoms with E-state index < -0.39 is 0 Å². The van der Waals surface area contributed by atoms with Gasteiger partial charge in [0, 0.05) is 41.9 Å². The first-order chi connectivity index (χ1) is 9.06. The summed E-state index contributed by atoms with van der Waals surface area (Å²) >= 11 is 12.0. The van der Waals surface area contributed by atoms with Crippen LogP contribution in [0.1, 0.15) is 17.8 Å². The van der Waals surface area contributed by atoms with Crippen LogP contribution < -0.4 is 5.73 Å². The fourth-order valence-electron chi connectivity index (χ4n) is 2.02. The van der Waals surface area contributed by atoms with E-state index in [9.17, 15) is 0 Å². The van der Waals surface area contributed by atoms with E-state index in [1.807, 2.05) is 29.9 Å². The summed E-state index contributed by atoms with van der Waals surface area (Å²) in [6.07, 6.45) is 6.24. The Kier molecular flexibility index (Phi) is 4.86. The van der Waals surface area contributed by atoms with Gasteiger partial charge in [-0.3, -0.25) is 0 Å². The Labute approximate surface area is 123 Å². The quantitative estimate of drug-likeness (QED) is 0.921. The van der Waals surface area contributed by atoms with Crippen LogP contribution in [0.4, 0.5) is 0 Å². The van der Waals surface area contributed by atoms with Crippen molar-refractivity contribution in [3.63, 3.8) is 0 Å². The lowest BCUT2D eigenvalue weighted by Crippen LogP contribution is -2.24. The van der Waals surface area contributed by atoms with E-state index in [0.29, 0.717) is 10.0 Å². The predicted molar refractivity (Wildman–Crippen MR) is 79.7 cm³/mol. The first-order valence-electron chi connectivity index (χ1n) is 6.22. The van der Waals surface area contributed by atoms with Crippen molar-refractivity contribution in [3.05, 3.63) is 52.0 Å². The third kappa shape index (κ3) is 3.96. The van der Waals surface area contributed by atoms with E-state index in [2.05, 4.69) is 4.98 Å². The largest absolute Gasteiger partial charge is 0.338 e. The van der Waals surface area contributed by atoms with Gasteiger partial charge in [0.2, 0.25) is 0 Å². The maximum absolute atomic E-state index is 6.15. The lowest BCUT2D eigenvalue weighted by atomic mass is 10.0. The van der Waals surface area contributed by atoms with Crippen LogP contribution in [-0.4, -0.2) is 15.6 Å². The Morgan fingerprint density at radius 2 is 2.16 bits per heavy atom. The molecule has 2 N–H and O–H groups in total. The number of rotatable bonds is 5. The summed E-state index contributed by atoms with van der Waals surface area (Å²) in [5.74, 6) is 1.05. The molecule has 0 amide bonds. The van der Waals surface area contributed by atoms with Gasteiger partial charge in [0.05, 0.1) is 0 Å². The molecule has 0 spiro atoms. The normalized spacial score (nSPS) is 12.6. The number of imidazole rings is 1. The topological polar surface area (TPSA) is 43.8 Å². The minimum absolute atomic E-state index is 0.0652. The van der Waals surface area contributed by atoms with Crippen molar-refractivity contribution in [2.75, 3.05) is 0 Å². The fraction of sp³-hybridized carbons (Fsp3) is 0.357. The van der Waals surface area contributed by atoms with Crippen LogP contribution in [0.15, 0.2) is 30.6 Å². The summed E-state index contributed by atoms with van der Waals surface area (Å²) < 4.78 is 2.02. The van der Waals surface area contributed by atoms with Crippen molar-refractivity contribution in [1.29, 1.82) is 0 Å². The van der Waals surface area contributed by atoms with Gasteiger partial charge in [0.25, 0.3) is 0 Å². The lowest BCUT2D eigenvalue weighted by molar-refractivity contribution is 0.589. The first-order valence-corrected chi connectivity index (χ1v) is 6.97. The summed E-state index contributed by atoms with van der Waals surface area (Å²) in [5, 5.41) is 1.33. The highest BCUT2D eigenvalue weighted by molar-refractivity contribution is 6.35. The second-order valence-electron chi connectivity index (χ2n) is 4.69. The van der Waals surface area contributed by atoms with E-state index in [-0.39, 0.29) is 6.04 Å². The molecule has 0 aliphatic rings. The molecule has 102 valence electrons. The molecule has 19 heavy (non-hydrogen) atoms. The zero-order chi connectivity index (χ0) is 13.8. The summed E-state index contributed by atoms with van der Waals surface area (Å²) in [7, 11) is 1.99. The Morgan fingerprint density at radius 3 is 2.79 bits per heavy atom. The van der Waals surface area contributed by atoms with Crippen LogP contribution in [0.25, 0.3) is 0 Å². The highest BCUT2D eigenvalue weighted by Crippen LogP contribution is 2.22. The first kappa shape index (κ1) is 14.4. The van der Waals surface area contributed by atoms with Gasteiger partial charge in [-0.05, 0) is 30.5 Å². The van der Waals surface area contributed by atoms with E-state index in [1.54, 1.807) is 12.3 Å². The summed E-state index contributed by atoms with van der Waals surface area (Å²) in [4.78, 5) is 4.29. The van der Waals surface area contributed by atoms with Crippen molar-refractivity contribution >= 4 is 23.2 Å². The molecule has 2 aromatic rings. The zero-order valence-electron chi connectivity index (χ0n) is 10.8. The molecular weight excluding hydrogens is 281 g/mol. The molecule has 0 bridgehead atoms. The lowest BCUT2D eigenvalue weighted by Gasteiger charge is -2.12. The molecule has 2 rings (SSSR count). The van der Waals surface area contributed by atoms with Gasteiger partial charge in [-0.1, -0.05) is 29.3 Å². The van der Waals surface area contributed by atoms with Crippen LogP contribution in [-0.2, 0) is 19.9 Å². The summed E-state index contributed by atoms with van der Waals surface area (Å²) in [6.45, 7) is 0. The minimum Gasteiger partial charge on any atom is -0.338 e. The zero-order valence-corrected chi connectivity index (χ0v) is 12.3. The molecule has 0 saturated heterocycles. The Morgan fingerprint density at radius 1 is 1.37 bits per heavy atom. The van der Waals surface area contributed by atoms with Gasteiger partial charge in [-0.2, -0.15) is 0 Å². The van der Waals surface area contributed by atoms with Gasteiger partial charge < -0.3 is 10.3 Å². The SMILES string of the molecule is Cn1ccnc1CCC(N)Cc1ccc(Cl)cc1Cl. The van der Waals surface area contributed by atoms with Crippen LogP contribution >= 0.6 is 23.2 Å². The molecule has 0 saturated carbocycles. The maximum atomic E-state index is 6.15. The van der Waals surface area contributed by atoms with Gasteiger partial charge >= 0.3 is 0 Å². The monoisotopic (exact) mass is 297 g/mol. The van der Waals surface area contributed by atoms with Gasteiger partial charge in [0.1, 0.15) is 5.82 Å². The van der Waals surface area contributed by atoms with Gasteiger partial charge in [0.15, 0.2) is 0 Å². The second-order valence-corrected chi connectivity index (χ2v) is 5.54. The molecule has 0 aliphatic heterocycles. The summed E-state index contributed by atoms with van der Waals surface area (Å²) in [5.41, 5.74) is 7.19. The average molecular weight is 298 g/mol. The molecule has 1 atom stereocenters. The third-order valence-corrected chi connectivity index (χ3v) is 3.74. The number of aromatic nitrogens is 2. The van der Waals surface area contributed by atoms with E-state index in [0.717, 1.165) is 30.7 Å². The Balaban J connectivity index is 1.90. The number of nitrogens with two attached hydrogens (primary N) is 1. The van der Waals surface area contributed by atoms with Crippen molar-refractivity contribution in [2.24, 2.45) is 12.8 Å². The molecule has 0 fully saturated rings. The molecule has 0 radical (unpaired) electrons. The van der Waals surface area contributed by atoms with Crippen molar-refractivity contribution in [2.45, 2.75) is 25.3 Å². The van der Waals surface area contributed by atoms with E-state index in [1.165, 1.54) is 0 Å². The molecule has 1 aromatic heterocycles. The number of benzene rings is 1. The van der Waals surface area contributed by atoms with Gasteiger partial charge in [-0.15, -0.1) is 0 Å². The number of hydrogen-bond acceptors (Lipinski definition) is 2. The smallest absolute Gasteiger partial charge is 0.108 e. The molecular formula is C14H17Cl2N3. The van der Waals surface area contributed by atoms with Crippen LogP contribution in [0.2, 0.25) is 10.0 Å².